The van der Waals surface area contributed by atoms with Crippen molar-refractivity contribution in [1.29, 1.82) is 0 Å². The molecule has 0 saturated carbocycles. The summed E-state index contributed by atoms with van der Waals surface area (Å²) in [6, 6.07) is 0. The summed E-state index contributed by atoms with van der Waals surface area (Å²) in [6.45, 7) is 4.55. The van der Waals surface area contributed by atoms with Gasteiger partial charge in [0.05, 0.1) is 15.9 Å². The van der Waals surface area contributed by atoms with E-state index in [0.717, 1.165) is 15.1 Å². The van der Waals surface area contributed by atoms with Gasteiger partial charge < -0.3 is 4.74 Å². The van der Waals surface area contributed by atoms with Crippen molar-refractivity contribution in [1.82, 2.24) is 9.97 Å². The second kappa shape index (κ2) is 5.23. The fourth-order valence-electron chi connectivity index (χ4n) is 0.972. The third-order valence-corrected chi connectivity index (χ3v) is 3.42. The van der Waals surface area contributed by atoms with E-state index in [1.807, 2.05) is 13.8 Å². The second-order valence-electron chi connectivity index (χ2n) is 3.22. The fourth-order valence-corrected chi connectivity index (χ4v) is 1.56. The predicted molar refractivity (Wildman–Crippen MR) is 64.6 cm³/mol. The Morgan fingerprint density at radius 2 is 2.07 bits per heavy atom. The molecule has 0 N–H and O–H groups in total. The monoisotopic (exact) mass is 326 g/mol. The molecule has 0 amide bonds. The van der Waals surface area contributed by atoms with E-state index in [9.17, 15) is 0 Å². The van der Waals surface area contributed by atoms with Crippen molar-refractivity contribution in [3.8, 4) is 0 Å². The van der Waals surface area contributed by atoms with Crippen molar-refractivity contribution in [2.24, 2.45) is 0 Å². The van der Waals surface area contributed by atoms with E-state index >= 15 is 0 Å². The molecule has 0 aliphatic heterocycles. The van der Waals surface area contributed by atoms with Crippen molar-refractivity contribution >= 4 is 34.2 Å². The molecule has 1 heterocycles. The summed E-state index contributed by atoms with van der Waals surface area (Å²) in [7, 11) is 1.64. The highest BCUT2D eigenvalue weighted by Gasteiger charge is 2.12. The lowest BCUT2D eigenvalue weighted by Gasteiger charge is -2.09. The Labute approximate surface area is 102 Å². The molecule has 0 aliphatic carbocycles. The average Bonchev–Trinajstić information content (AvgIpc) is 2.12. The molecule has 0 radical (unpaired) electrons. The highest BCUT2D eigenvalue weighted by atomic mass is 127. The zero-order chi connectivity index (χ0) is 10.7. The van der Waals surface area contributed by atoms with E-state index in [-0.39, 0.29) is 5.92 Å². The van der Waals surface area contributed by atoms with Crippen LogP contribution in [0.1, 0.15) is 31.3 Å². The SMILES string of the molecule is COCc1nc(C(C)C)nc(Cl)c1I. The number of aromatic nitrogens is 2. The maximum absolute atomic E-state index is 5.98. The summed E-state index contributed by atoms with van der Waals surface area (Å²) in [4.78, 5) is 8.60. The molecular weight excluding hydrogens is 314 g/mol. The molecule has 0 unspecified atom stereocenters. The second-order valence-corrected chi connectivity index (χ2v) is 4.66. The molecule has 0 atom stereocenters. The first kappa shape index (κ1) is 12.1. The lowest BCUT2D eigenvalue weighted by Crippen LogP contribution is -2.05. The van der Waals surface area contributed by atoms with Gasteiger partial charge >= 0.3 is 0 Å². The molecule has 1 aromatic rings. The van der Waals surface area contributed by atoms with Crippen LogP contribution in [0, 0.1) is 3.57 Å². The van der Waals surface area contributed by atoms with Gasteiger partial charge in [-0.1, -0.05) is 25.4 Å². The van der Waals surface area contributed by atoms with Gasteiger partial charge in [-0.3, -0.25) is 0 Å². The van der Waals surface area contributed by atoms with Gasteiger partial charge in [0.2, 0.25) is 0 Å². The van der Waals surface area contributed by atoms with E-state index in [0.29, 0.717) is 11.8 Å². The Kier molecular flexibility index (Phi) is 4.53. The minimum atomic E-state index is 0.278. The zero-order valence-corrected chi connectivity index (χ0v) is 11.3. The topological polar surface area (TPSA) is 35.0 Å². The summed E-state index contributed by atoms with van der Waals surface area (Å²) < 4.78 is 5.92. The first-order valence-electron chi connectivity index (χ1n) is 4.27. The Morgan fingerprint density at radius 3 is 2.57 bits per heavy atom. The Hall–Kier alpha value is 0.0600. The van der Waals surface area contributed by atoms with Gasteiger partial charge in [0, 0.05) is 13.0 Å². The number of hydrogen-bond acceptors (Lipinski definition) is 3. The van der Waals surface area contributed by atoms with E-state index in [1.165, 1.54) is 0 Å². The van der Waals surface area contributed by atoms with Crippen LogP contribution >= 0.6 is 34.2 Å². The summed E-state index contributed by atoms with van der Waals surface area (Å²) in [5.41, 5.74) is 0.858. The van der Waals surface area contributed by atoms with Gasteiger partial charge in [0.25, 0.3) is 0 Å². The number of halogens is 2. The standard InChI is InChI=1S/C9H12ClIN2O/c1-5(2)9-12-6(4-14-3)7(11)8(10)13-9/h5H,4H2,1-3H3. The van der Waals surface area contributed by atoms with Crippen LogP contribution < -0.4 is 0 Å². The van der Waals surface area contributed by atoms with Crippen LogP contribution in [0.4, 0.5) is 0 Å². The molecule has 14 heavy (non-hydrogen) atoms. The van der Waals surface area contributed by atoms with Crippen LogP contribution in [0.2, 0.25) is 5.15 Å². The van der Waals surface area contributed by atoms with Gasteiger partial charge in [-0.05, 0) is 22.6 Å². The number of rotatable bonds is 3. The summed E-state index contributed by atoms with van der Waals surface area (Å²) >= 11 is 8.12. The van der Waals surface area contributed by atoms with Gasteiger partial charge in [0.15, 0.2) is 0 Å². The van der Waals surface area contributed by atoms with Crippen LogP contribution in [0.3, 0.4) is 0 Å². The largest absolute Gasteiger partial charge is 0.378 e. The minimum Gasteiger partial charge on any atom is -0.378 e. The average molecular weight is 327 g/mol. The van der Waals surface area contributed by atoms with Crippen LogP contribution in [-0.2, 0) is 11.3 Å². The first-order chi connectivity index (χ1) is 6.56. The summed E-state index contributed by atoms with van der Waals surface area (Å²) in [5.74, 6) is 1.04. The van der Waals surface area contributed by atoms with Crippen LogP contribution in [0.25, 0.3) is 0 Å². The van der Waals surface area contributed by atoms with E-state index in [2.05, 4.69) is 32.6 Å². The lowest BCUT2D eigenvalue weighted by atomic mass is 10.2. The number of hydrogen-bond donors (Lipinski definition) is 0. The molecule has 1 aromatic heterocycles. The quantitative estimate of drug-likeness (QED) is 0.633. The zero-order valence-electron chi connectivity index (χ0n) is 8.34. The molecule has 0 aromatic carbocycles. The smallest absolute Gasteiger partial charge is 0.146 e. The normalized spacial score (nSPS) is 11.0. The molecular formula is C9H12ClIN2O. The van der Waals surface area contributed by atoms with Crippen LogP contribution in [0.15, 0.2) is 0 Å². The van der Waals surface area contributed by atoms with Crippen molar-refractivity contribution in [2.45, 2.75) is 26.4 Å². The van der Waals surface area contributed by atoms with E-state index in [1.54, 1.807) is 7.11 Å². The van der Waals surface area contributed by atoms with Gasteiger partial charge in [-0.15, -0.1) is 0 Å². The maximum atomic E-state index is 5.98. The van der Waals surface area contributed by atoms with Crippen molar-refractivity contribution < 1.29 is 4.74 Å². The van der Waals surface area contributed by atoms with E-state index < -0.39 is 0 Å². The Morgan fingerprint density at radius 1 is 1.43 bits per heavy atom. The maximum Gasteiger partial charge on any atom is 0.146 e. The number of methoxy groups -OCH3 is 1. The van der Waals surface area contributed by atoms with Crippen molar-refractivity contribution in [3.63, 3.8) is 0 Å². The molecule has 3 nitrogen and oxygen atoms in total. The molecule has 5 heteroatoms. The molecule has 0 bridgehead atoms. The molecule has 1 rings (SSSR count). The minimum absolute atomic E-state index is 0.278. The van der Waals surface area contributed by atoms with Crippen LogP contribution in [0.5, 0.6) is 0 Å². The predicted octanol–water partition coefficient (Wildman–Crippen LogP) is 3.00. The van der Waals surface area contributed by atoms with Gasteiger partial charge in [-0.2, -0.15) is 0 Å². The summed E-state index contributed by atoms with van der Waals surface area (Å²) in [6.07, 6.45) is 0. The van der Waals surface area contributed by atoms with Gasteiger partial charge in [-0.25, -0.2) is 9.97 Å². The van der Waals surface area contributed by atoms with E-state index in [4.69, 9.17) is 16.3 Å². The van der Waals surface area contributed by atoms with Crippen molar-refractivity contribution in [3.05, 3.63) is 20.2 Å². The van der Waals surface area contributed by atoms with Gasteiger partial charge in [0.1, 0.15) is 11.0 Å². The fraction of sp³-hybridized carbons (Fsp3) is 0.556. The highest BCUT2D eigenvalue weighted by molar-refractivity contribution is 14.1. The molecule has 0 fully saturated rings. The first-order valence-corrected chi connectivity index (χ1v) is 5.72. The molecule has 78 valence electrons. The molecule has 0 saturated heterocycles. The number of ether oxygens (including phenoxy) is 1. The third kappa shape index (κ3) is 2.77. The number of nitrogens with zero attached hydrogens (tertiary/aromatic N) is 2. The van der Waals surface area contributed by atoms with Crippen LogP contribution in [-0.4, -0.2) is 17.1 Å². The lowest BCUT2D eigenvalue weighted by molar-refractivity contribution is 0.180. The molecule has 0 spiro atoms. The van der Waals surface area contributed by atoms with Crippen molar-refractivity contribution in [2.75, 3.05) is 7.11 Å². The summed E-state index contributed by atoms with van der Waals surface area (Å²) in [5, 5.41) is 0.511. The molecule has 0 aliphatic rings. The highest BCUT2D eigenvalue weighted by Crippen LogP contribution is 2.22. The Bertz CT molecular complexity index is 331. The Balaban J connectivity index is 3.14. The third-order valence-electron chi connectivity index (χ3n) is 1.69.